The minimum absolute atomic E-state index is 0.0399. The first-order valence-electron chi connectivity index (χ1n) is 9.79. The van der Waals surface area contributed by atoms with E-state index in [1.807, 2.05) is 23.1 Å². The van der Waals surface area contributed by atoms with Gasteiger partial charge in [0.25, 0.3) is 11.6 Å². The zero-order chi connectivity index (χ0) is 20.4. The third-order valence-electron chi connectivity index (χ3n) is 5.38. The minimum atomic E-state index is -0.349. The lowest BCUT2D eigenvalue weighted by Gasteiger charge is -2.36. The minimum Gasteiger partial charge on any atom is -0.496 e. The Morgan fingerprint density at radius 1 is 1.14 bits per heavy atom. The van der Waals surface area contributed by atoms with E-state index in [0.717, 1.165) is 18.5 Å². The summed E-state index contributed by atoms with van der Waals surface area (Å²) in [5.41, 5.74) is 2.17. The highest BCUT2D eigenvalue weighted by Crippen LogP contribution is 2.34. The standard InChI is InChI=1S/C21H24N4O4/c1-29-20-5-3-2-4-17(20)21(26)24-12-10-23(11-13-24)16-8-9-19(25(27)28)18(14-16)22-15-6-7-15/h2-5,8-9,14-15,22H,6-7,10-13H2,1H3. The van der Waals surface area contributed by atoms with E-state index in [1.165, 1.54) is 0 Å². The molecule has 1 saturated heterocycles. The van der Waals surface area contributed by atoms with Gasteiger partial charge in [0, 0.05) is 44.0 Å². The maximum Gasteiger partial charge on any atom is 0.292 e. The second-order valence-corrected chi connectivity index (χ2v) is 7.36. The van der Waals surface area contributed by atoms with Crippen LogP contribution in [0.5, 0.6) is 5.75 Å². The van der Waals surface area contributed by atoms with Gasteiger partial charge in [0.05, 0.1) is 17.6 Å². The highest BCUT2D eigenvalue weighted by molar-refractivity contribution is 5.97. The number of nitro groups is 1. The van der Waals surface area contributed by atoms with Gasteiger partial charge in [-0.2, -0.15) is 0 Å². The SMILES string of the molecule is COc1ccccc1C(=O)N1CCN(c2ccc([N+](=O)[O-])c(NC3CC3)c2)CC1. The van der Waals surface area contributed by atoms with Crippen LogP contribution in [0.2, 0.25) is 0 Å². The first-order valence-corrected chi connectivity index (χ1v) is 9.79. The van der Waals surface area contributed by atoms with Crippen molar-refractivity contribution in [1.82, 2.24) is 4.90 Å². The molecule has 2 fully saturated rings. The molecule has 4 rings (SSSR count). The summed E-state index contributed by atoms with van der Waals surface area (Å²) in [4.78, 5) is 27.8. The number of carbonyl (C=O) groups excluding carboxylic acids is 1. The monoisotopic (exact) mass is 396 g/mol. The third-order valence-corrected chi connectivity index (χ3v) is 5.38. The number of hydrogen-bond donors (Lipinski definition) is 1. The second kappa shape index (κ2) is 7.98. The van der Waals surface area contributed by atoms with Gasteiger partial charge >= 0.3 is 0 Å². The van der Waals surface area contributed by atoms with E-state index in [-0.39, 0.29) is 16.5 Å². The first-order chi connectivity index (χ1) is 14.1. The Balaban J connectivity index is 1.45. The molecule has 0 aromatic heterocycles. The van der Waals surface area contributed by atoms with Gasteiger partial charge in [0.1, 0.15) is 11.4 Å². The molecule has 2 aliphatic rings. The fourth-order valence-electron chi connectivity index (χ4n) is 3.60. The molecule has 0 atom stereocenters. The molecule has 0 spiro atoms. The third kappa shape index (κ3) is 4.11. The number of piperazine rings is 1. The molecule has 8 nitrogen and oxygen atoms in total. The van der Waals surface area contributed by atoms with Crippen molar-refractivity contribution in [3.8, 4) is 5.75 Å². The molecule has 0 radical (unpaired) electrons. The predicted molar refractivity (Wildman–Crippen MR) is 111 cm³/mol. The largest absolute Gasteiger partial charge is 0.496 e. The van der Waals surface area contributed by atoms with Crippen molar-refractivity contribution in [2.45, 2.75) is 18.9 Å². The number of rotatable bonds is 6. The molecule has 8 heteroatoms. The van der Waals surface area contributed by atoms with Gasteiger partial charge in [-0.25, -0.2) is 0 Å². The van der Waals surface area contributed by atoms with Crippen LogP contribution in [0.1, 0.15) is 23.2 Å². The molecule has 1 N–H and O–H groups in total. The van der Waals surface area contributed by atoms with Crippen LogP contribution in [0.15, 0.2) is 42.5 Å². The van der Waals surface area contributed by atoms with Crippen LogP contribution < -0.4 is 15.0 Å². The molecule has 1 aliphatic heterocycles. The summed E-state index contributed by atoms with van der Waals surface area (Å²) < 4.78 is 5.31. The predicted octanol–water partition coefficient (Wildman–Crippen LogP) is 3.14. The molecule has 1 amide bonds. The van der Waals surface area contributed by atoms with Crippen molar-refractivity contribution in [1.29, 1.82) is 0 Å². The van der Waals surface area contributed by atoms with Crippen LogP contribution in [0, 0.1) is 10.1 Å². The number of carbonyl (C=O) groups is 1. The van der Waals surface area contributed by atoms with Crippen LogP contribution in [0.25, 0.3) is 0 Å². The second-order valence-electron chi connectivity index (χ2n) is 7.36. The normalized spacial score (nSPS) is 16.4. The van der Waals surface area contributed by atoms with E-state index < -0.39 is 0 Å². The summed E-state index contributed by atoms with van der Waals surface area (Å²) in [5.74, 6) is 0.535. The molecule has 0 bridgehead atoms. The Morgan fingerprint density at radius 3 is 2.52 bits per heavy atom. The van der Waals surface area contributed by atoms with E-state index in [9.17, 15) is 14.9 Å². The van der Waals surface area contributed by atoms with E-state index in [0.29, 0.717) is 49.2 Å². The fraction of sp³-hybridized carbons (Fsp3) is 0.381. The maximum atomic E-state index is 12.9. The van der Waals surface area contributed by atoms with E-state index in [2.05, 4.69) is 10.2 Å². The molecular weight excluding hydrogens is 372 g/mol. The number of anilines is 2. The molecule has 1 heterocycles. The number of ether oxygens (including phenoxy) is 1. The van der Waals surface area contributed by atoms with Crippen LogP contribution in [-0.2, 0) is 0 Å². The summed E-state index contributed by atoms with van der Waals surface area (Å²) in [6.45, 7) is 2.50. The molecule has 1 aliphatic carbocycles. The number of nitrogens with one attached hydrogen (secondary N) is 1. The highest BCUT2D eigenvalue weighted by Gasteiger charge is 2.27. The van der Waals surface area contributed by atoms with Crippen molar-refractivity contribution in [2.24, 2.45) is 0 Å². The lowest BCUT2D eigenvalue weighted by atomic mass is 10.1. The van der Waals surface area contributed by atoms with Crippen LogP contribution in [0.4, 0.5) is 17.1 Å². The molecule has 2 aromatic carbocycles. The number of hydrogen-bond acceptors (Lipinski definition) is 6. The Morgan fingerprint density at radius 2 is 1.86 bits per heavy atom. The Labute approximate surface area is 169 Å². The zero-order valence-electron chi connectivity index (χ0n) is 16.3. The molecular formula is C21H24N4O4. The topological polar surface area (TPSA) is 88.0 Å². The number of methoxy groups -OCH3 is 1. The number of para-hydroxylation sites is 1. The summed E-state index contributed by atoms with van der Waals surface area (Å²) in [6.07, 6.45) is 2.09. The summed E-state index contributed by atoms with van der Waals surface area (Å²) in [6, 6.07) is 12.8. The van der Waals surface area contributed by atoms with Gasteiger partial charge in [-0.05, 0) is 37.1 Å². The number of nitro benzene ring substituents is 1. The lowest BCUT2D eigenvalue weighted by molar-refractivity contribution is -0.384. The lowest BCUT2D eigenvalue weighted by Crippen LogP contribution is -2.48. The Bertz CT molecular complexity index is 921. The van der Waals surface area contributed by atoms with E-state index in [4.69, 9.17) is 4.74 Å². The molecule has 2 aromatic rings. The van der Waals surface area contributed by atoms with E-state index in [1.54, 1.807) is 31.4 Å². The van der Waals surface area contributed by atoms with Gasteiger partial charge in [0.15, 0.2) is 0 Å². The van der Waals surface area contributed by atoms with Gasteiger partial charge in [0.2, 0.25) is 0 Å². The molecule has 152 valence electrons. The van der Waals surface area contributed by atoms with Crippen molar-refractivity contribution < 1.29 is 14.5 Å². The Kier molecular flexibility index (Phi) is 5.24. The van der Waals surface area contributed by atoms with Gasteiger partial charge in [-0.1, -0.05) is 12.1 Å². The van der Waals surface area contributed by atoms with Crippen LogP contribution in [0.3, 0.4) is 0 Å². The van der Waals surface area contributed by atoms with E-state index >= 15 is 0 Å². The number of amides is 1. The highest BCUT2D eigenvalue weighted by atomic mass is 16.6. The molecule has 1 saturated carbocycles. The summed E-state index contributed by atoms with van der Waals surface area (Å²) in [5, 5.41) is 14.6. The first kappa shape index (κ1) is 19.0. The van der Waals surface area contributed by atoms with Crippen LogP contribution >= 0.6 is 0 Å². The molecule has 0 unspecified atom stereocenters. The maximum absolute atomic E-state index is 12.9. The van der Waals surface area contributed by atoms with Crippen molar-refractivity contribution >= 4 is 23.0 Å². The quantitative estimate of drug-likeness (QED) is 0.596. The zero-order valence-corrected chi connectivity index (χ0v) is 16.3. The average Bonchev–Trinajstić information content (AvgIpc) is 3.57. The smallest absolute Gasteiger partial charge is 0.292 e. The van der Waals surface area contributed by atoms with Gasteiger partial charge in [-0.15, -0.1) is 0 Å². The van der Waals surface area contributed by atoms with Crippen molar-refractivity contribution in [2.75, 3.05) is 43.5 Å². The molecule has 29 heavy (non-hydrogen) atoms. The number of nitrogens with zero attached hydrogens (tertiary/aromatic N) is 3. The summed E-state index contributed by atoms with van der Waals surface area (Å²) in [7, 11) is 1.56. The fourth-order valence-corrected chi connectivity index (χ4v) is 3.60. The van der Waals surface area contributed by atoms with Crippen molar-refractivity contribution in [3.05, 3.63) is 58.1 Å². The van der Waals surface area contributed by atoms with Crippen LogP contribution in [-0.4, -0.2) is 55.1 Å². The van der Waals surface area contributed by atoms with Crippen molar-refractivity contribution in [3.63, 3.8) is 0 Å². The average molecular weight is 396 g/mol. The van der Waals surface area contributed by atoms with Gasteiger partial charge in [-0.3, -0.25) is 14.9 Å². The Hall–Kier alpha value is -3.29. The number of benzene rings is 2. The summed E-state index contributed by atoms with van der Waals surface area (Å²) >= 11 is 0. The van der Waals surface area contributed by atoms with Gasteiger partial charge < -0.3 is 19.9 Å².